The number of benzene rings is 1. The molecule has 5 heteroatoms. The Balaban J connectivity index is 2.75. The maximum atomic E-state index is 12.1. The predicted molar refractivity (Wildman–Crippen MR) is 80.5 cm³/mol. The van der Waals surface area contributed by atoms with Gasteiger partial charge in [-0.3, -0.25) is 4.79 Å². The molecular formula is C16H21NO4. The summed E-state index contributed by atoms with van der Waals surface area (Å²) in [6, 6.07) is 5.70. The number of nitrogens with one attached hydrogen (secondary N) is 1. The highest BCUT2D eigenvalue weighted by molar-refractivity contribution is 5.96. The summed E-state index contributed by atoms with van der Waals surface area (Å²) in [4.78, 5) is 23.1. The number of hydrogen-bond acceptors (Lipinski definition) is 3. The SMILES string of the molecule is C=CCC(NC(=O)c1cccc(OCC(C)C)c1)C(=O)O. The first kappa shape index (κ1) is 16.8. The Morgan fingerprint density at radius 2 is 2.14 bits per heavy atom. The number of rotatable bonds is 8. The normalized spacial score (nSPS) is 11.8. The van der Waals surface area contributed by atoms with Gasteiger partial charge < -0.3 is 15.2 Å². The van der Waals surface area contributed by atoms with Gasteiger partial charge in [0.2, 0.25) is 0 Å². The van der Waals surface area contributed by atoms with Crippen LogP contribution in [0.1, 0.15) is 30.6 Å². The molecular weight excluding hydrogens is 270 g/mol. The standard InChI is InChI=1S/C16H21NO4/c1-4-6-14(16(19)20)17-15(18)12-7-5-8-13(9-12)21-10-11(2)3/h4-5,7-9,11,14H,1,6,10H2,2-3H3,(H,17,18)(H,19,20). The van der Waals surface area contributed by atoms with Crippen LogP contribution in [0.15, 0.2) is 36.9 Å². The van der Waals surface area contributed by atoms with Crippen molar-refractivity contribution in [2.75, 3.05) is 6.61 Å². The third kappa shape index (κ3) is 5.69. The number of ether oxygens (including phenoxy) is 1. The first-order valence-electron chi connectivity index (χ1n) is 6.81. The van der Waals surface area contributed by atoms with Crippen molar-refractivity contribution in [2.45, 2.75) is 26.3 Å². The second kappa shape index (κ2) is 8.09. The maximum absolute atomic E-state index is 12.1. The molecule has 2 N–H and O–H groups in total. The molecule has 1 aromatic carbocycles. The van der Waals surface area contributed by atoms with Crippen molar-refractivity contribution < 1.29 is 19.4 Å². The summed E-state index contributed by atoms with van der Waals surface area (Å²) < 4.78 is 5.55. The minimum Gasteiger partial charge on any atom is -0.493 e. The van der Waals surface area contributed by atoms with E-state index in [1.165, 1.54) is 6.08 Å². The van der Waals surface area contributed by atoms with Gasteiger partial charge in [0, 0.05) is 5.56 Å². The van der Waals surface area contributed by atoms with Gasteiger partial charge in [0.15, 0.2) is 0 Å². The molecule has 1 aromatic rings. The lowest BCUT2D eigenvalue weighted by Gasteiger charge is -2.13. The van der Waals surface area contributed by atoms with Gasteiger partial charge in [0.05, 0.1) is 6.61 Å². The molecule has 0 bridgehead atoms. The van der Waals surface area contributed by atoms with Crippen LogP contribution in [0.25, 0.3) is 0 Å². The van der Waals surface area contributed by atoms with E-state index in [0.717, 1.165) is 0 Å². The zero-order valence-corrected chi connectivity index (χ0v) is 12.3. The van der Waals surface area contributed by atoms with E-state index < -0.39 is 17.9 Å². The Morgan fingerprint density at radius 1 is 1.43 bits per heavy atom. The minimum absolute atomic E-state index is 0.171. The monoisotopic (exact) mass is 291 g/mol. The van der Waals surface area contributed by atoms with Crippen LogP contribution in [0.4, 0.5) is 0 Å². The Hall–Kier alpha value is -2.30. The molecule has 0 aliphatic heterocycles. The fourth-order valence-corrected chi connectivity index (χ4v) is 1.62. The lowest BCUT2D eigenvalue weighted by Crippen LogP contribution is -2.40. The van der Waals surface area contributed by atoms with Crippen LogP contribution < -0.4 is 10.1 Å². The summed E-state index contributed by atoms with van der Waals surface area (Å²) in [5.74, 6) is -0.562. The molecule has 0 fully saturated rings. The van der Waals surface area contributed by atoms with E-state index in [1.54, 1.807) is 24.3 Å². The number of carbonyl (C=O) groups excluding carboxylic acids is 1. The van der Waals surface area contributed by atoms with Crippen molar-refractivity contribution in [3.8, 4) is 5.75 Å². The van der Waals surface area contributed by atoms with E-state index in [0.29, 0.717) is 23.8 Å². The molecule has 1 atom stereocenters. The molecule has 21 heavy (non-hydrogen) atoms. The van der Waals surface area contributed by atoms with Crippen molar-refractivity contribution in [3.05, 3.63) is 42.5 Å². The van der Waals surface area contributed by atoms with Gasteiger partial charge in [0.1, 0.15) is 11.8 Å². The summed E-state index contributed by atoms with van der Waals surface area (Å²) in [5, 5.41) is 11.5. The van der Waals surface area contributed by atoms with Crippen LogP contribution in [0.2, 0.25) is 0 Å². The number of carboxylic acids is 1. The second-order valence-corrected chi connectivity index (χ2v) is 5.12. The van der Waals surface area contributed by atoms with Crippen molar-refractivity contribution in [3.63, 3.8) is 0 Å². The summed E-state index contributed by atoms with van der Waals surface area (Å²) in [5.41, 5.74) is 0.367. The highest BCUT2D eigenvalue weighted by Crippen LogP contribution is 2.14. The third-order valence-electron chi connectivity index (χ3n) is 2.69. The van der Waals surface area contributed by atoms with Crippen LogP contribution in [0.3, 0.4) is 0 Å². The minimum atomic E-state index is -1.09. The van der Waals surface area contributed by atoms with E-state index in [-0.39, 0.29) is 6.42 Å². The molecule has 0 aliphatic rings. The third-order valence-corrected chi connectivity index (χ3v) is 2.69. The molecule has 114 valence electrons. The Kier molecular flexibility index (Phi) is 6.46. The van der Waals surface area contributed by atoms with Crippen molar-refractivity contribution >= 4 is 11.9 Å². The van der Waals surface area contributed by atoms with E-state index in [9.17, 15) is 9.59 Å². The first-order valence-corrected chi connectivity index (χ1v) is 6.81. The zero-order valence-electron chi connectivity index (χ0n) is 12.3. The van der Waals surface area contributed by atoms with Crippen LogP contribution in [-0.2, 0) is 4.79 Å². The fourth-order valence-electron chi connectivity index (χ4n) is 1.62. The van der Waals surface area contributed by atoms with E-state index in [1.807, 2.05) is 13.8 Å². The van der Waals surface area contributed by atoms with Gasteiger partial charge in [-0.1, -0.05) is 26.0 Å². The van der Waals surface area contributed by atoms with E-state index in [4.69, 9.17) is 9.84 Å². The summed E-state index contributed by atoms with van der Waals surface area (Å²) in [6.07, 6.45) is 1.63. The van der Waals surface area contributed by atoms with Gasteiger partial charge in [-0.2, -0.15) is 0 Å². The number of amides is 1. The molecule has 5 nitrogen and oxygen atoms in total. The van der Waals surface area contributed by atoms with Gasteiger partial charge in [0.25, 0.3) is 5.91 Å². The largest absolute Gasteiger partial charge is 0.493 e. The summed E-state index contributed by atoms with van der Waals surface area (Å²) >= 11 is 0. The second-order valence-electron chi connectivity index (χ2n) is 5.12. The number of carboxylic acid groups (broad SMARTS) is 1. The molecule has 0 heterocycles. The first-order chi connectivity index (χ1) is 9.93. The van der Waals surface area contributed by atoms with Crippen molar-refractivity contribution in [1.82, 2.24) is 5.32 Å². The smallest absolute Gasteiger partial charge is 0.326 e. The maximum Gasteiger partial charge on any atom is 0.326 e. The molecule has 0 spiro atoms. The average Bonchev–Trinajstić information content (AvgIpc) is 2.44. The van der Waals surface area contributed by atoms with Gasteiger partial charge in [-0.05, 0) is 30.5 Å². The molecule has 0 aliphatic carbocycles. The molecule has 0 radical (unpaired) electrons. The number of hydrogen-bond donors (Lipinski definition) is 2. The van der Waals surface area contributed by atoms with Crippen LogP contribution in [-0.4, -0.2) is 29.6 Å². The number of carbonyl (C=O) groups is 2. The van der Waals surface area contributed by atoms with Crippen molar-refractivity contribution in [1.29, 1.82) is 0 Å². The Morgan fingerprint density at radius 3 is 2.71 bits per heavy atom. The van der Waals surface area contributed by atoms with Gasteiger partial charge in [-0.25, -0.2) is 4.79 Å². The zero-order chi connectivity index (χ0) is 15.8. The molecule has 1 unspecified atom stereocenters. The van der Waals surface area contributed by atoms with Crippen LogP contribution in [0, 0.1) is 5.92 Å². The fraction of sp³-hybridized carbons (Fsp3) is 0.375. The number of aliphatic carboxylic acids is 1. The van der Waals surface area contributed by atoms with Crippen LogP contribution in [0.5, 0.6) is 5.75 Å². The Labute approximate surface area is 124 Å². The van der Waals surface area contributed by atoms with E-state index in [2.05, 4.69) is 11.9 Å². The summed E-state index contributed by atoms with van der Waals surface area (Å²) in [6.45, 7) is 8.10. The lowest BCUT2D eigenvalue weighted by atomic mass is 10.1. The average molecular weight is 291 g/mol. The molecule has 1 amide bonds. The van der Waals surface area contributed by atoms with Crippen molar-refractivity contribution in [2.24, 2.45) is 5.92 Å². The topological polar surface area (TPSA) is 75.6 Å². The summed E-state index contributed by atoms with van der Waals surface area (Å²) in [7, 11) is 0. The molecule has 0 aromatic heterocycles. The van der Waals surface area contributed by atoms with Gasteiger partial charge >= 0.3 is 5.97 Å². The molecule has 0 saturated heterocycles. The predicted octanol–water partition coefficient (Wildman–Crippen LogP) is 2.48. The quantitative estimate of drug-likeness (QED) is 0.721. The van der Waals surface area contributed by atoms with E-state index >= 15 is 0 Å². The molecule has 0 saturated carbocycles. The Bertz CT molecular complexity index is 511. The lowest BCUT2D eigenvalue weighted by molar-refractivity contribution is -0.139. The highest BCUT2D eigenvalue weighted by atomic mass is 16.5. The van der Waals surface area contributed by atoms with Crippen LogP contribution >= 0.6 is 0 Å². The molecule has 1 rings (SSSR count). The highest BCUT2D eigenvalue weighted by Gasteiger charge is 2.19. The van der Waals surface area contributed by atoms with Gasteiger partial charge in [-0.15, -0.1) is 6.58 Å².